The number of alkyl halides is 2. The monoisotopic (exact) mass is 280 g/mol. The van der Waals surface area contributed by atoms with Gasteiger partial charge in [0.15, 0.2) is 5.69 Å². The van der Waals surface area contributed by atoms with Crippen LogP contribution in [0.4, 0.5) is 14.6 Å². The second kappa shape index (κ2) is 7.07. The topological polar surface area (TPSA) is 71.5 Å². The van der Waals surface area contributed by atoms with E-state index in [2.05, 4.69) is 15.0 Å². The molecule has 1 rings (SSSR count). The zero-order valence-corrected chi connectivity index (χ0v) is 9.95. The van der Waals surface area contributed by atoms with Crippen molar-refractivity contribution in [3.05, 3.63) is 22.8 Å². The number of anilines is 1. The van der Waals surface area contributed by atoms with Crippen LogP contribution in [0.5, 0.6) is 0 Å². The van der Waals surface area contributed by atoms with Gasteiger partial charge >= 0.3 is 5.97 Å². The molecule has 0 amide bonds. The van der Waals surface area contributed by atoms with Crippen molar-refractivity contribution < 1.29 is 23.4 Å². The normalized spacial score (nSPS) is 10.7. The molecule has 1 heterocycles. The molecule has 0 bridgehead atoms. The predicted octanol–water partition coefficient (Wildman–Crippen LogP) is 2.13. The Balaban J connectivity index is 2.43. The van der Waals surface area contributed by atoms with Crippen LogP contribution in [0.2, 0.25) is 5.02 Å². The average Bonchev–Trinajstić information content (AvgIpc) is 2.30. The molecule has 0 spiro atoms. The standard InChI is InChI=1S/C10H11ClF2N2O3/c11-6-1-2-8(15-9(6)10(16)17)14-3-4-18-5-7(12)13/h1-2,7H,3-5H2,(H,14,15)(H,16,17). The van der Waals surface area contributed by atoms with E-state index in [9.17, 15) is 13.6 Å². The second-order valence-corrected chi connectivity index (χ2v) is 3.63. The summed E-state index contributed by atoms with van der Waals surface area (Å²) in [4.78, 5) is 14.5. The number of ether oxygens (including phenoxy) is 1. The van der Waals surface area contributed by atoms with Crippen molar-refractivity contribution in [2.24, 2.45) is 0 Å². The summed E-state index contributed by atoms with van der Waals surface area (Å²) in [5.41, 5.74) is -0.268. The van der Waals surface area contributed by atoms with Crippen LogP contribution in [-0.2, 0) is 4.74 Å². The fourth-order valence-corrected chi connectivity index (χ4v) is 1.30. The summed E-state index contributed by atoms with van der Waals surface area (Å²) >= 11 is 5.63. The molecule has 1 aromatic rings. The van der Waals surface area contributed by atoms with Gasteiger partial charge in [-0.25, -0.2) is 18.6 Å². The molecule has 0 saturated carbocycles. The van der Waals surface area contributed by atoms with Crippen LogP contribution in [0.3, 0.4) is 0 Å². The number of nitrogens with zero attached hydrogens (tertiary/aromatic N) is 1. The molecule has 0 unspecified atom stereocenters. The van der Waals surface area contributed by atoms with Gasteiger partial charge in [0.1, 0.15) is 12.4 Å². The van der Waals surface area contributed by atoms with Gasteiger partial charge in [-0.1, -0.05) is 11.6 Å². The van der Waals surface area contributed by atoms with Gasteiger partial charge in [0.05, 0.1) is 11.6 Å². The van der Waals surface area contributed by atoms with Gasteiger partial charge in [0.2, 0.25) is 0 Å². The largest absolute Gasteiger partial charge is 0.476 e. The maximum Gasteiger partial charge on any atom is 0.356 e. The number of carboxylic acids is 1. The first-order valence-electron chi connectivity index (χ1n) is 5.00. The van der Waals surface area contributed by atoms with Gasteiger partial charge in [0.25, 0.3) is 6.43 Å². The summed E-state index contributed by atoms with van der Waals surface area (Å²) in [7, 11) is 0. The predicted molar refractivity (Wildman–Crippen MR) is 61.5 cm³/mol. The summed E-state index contributed by atoms with van der Waals surface area (Å²) in [6, 6.07) is 2.88. The molecule has 5 nitrogen and oxygen atoms in total. The van der Waals surface area contributed by atoms with E-state index in [1.165, 1.54) is 12.1 Å². The van der Waals surface area contributed by atoms with Crippen LogP contribution in [0.25, 0.3) is 0 Å². The van der Waals surface area contributed by atoms with Gasteiger partial charge in [0, 0.05) is 6.54 Å². The van der Waals surface area contributed by atoms with Crippen molar-refractivity contribution in [3.8, 4) is 0 Å². The summed E-state index contributed by atoms with van der Waals surface area (Å²) in [5.74, 6) is -0.949. The van der Waals surface area contributed by atoms with Crippen LogP contribution >= 0.6 is 11.6 Å². The minimum atomic E-state index is -2.50. The summed E-state index contributed by atoms with van der Waals surface area (Å²) in [6.45, 7) is -0.326. The molecule has 0 aliphatic heterocycles. The van der Waals surface area contributed by atoms with Crippen molar-refractivity contribution >= 4 is 23.4 Å². The number of carbonyl (C=O) groups is 1. The smallest absolute Gasteiger partial charge is 0.356 e. The molecule has 0 saturated heterocycles. The molecule has 0 radical (unpaired) electrons. The molecule has 0 atom stereocenters. The van der Waals surface area contributed by atoms with E-state index in [0.29, 0.717) is 0 Å². The Morgan fingerprint density at radius 3 is 2.89 bits per heavy atom. The van der Waals surface area contributed by atoms with Crippen molar-refractivity contribution in [2.45, 2.75) is 6.43 Å². The highest BCUT2D eigenvalue weighted by atomic mass is 35.5. The first kappa shape index (κ1) is 14.6. The minimum absolute atomic E-state index is 0.0296. The van der Waals surface area contributed by atoms with Crippen molar-refractivity contribution in [1.82, 2.24) is 4.98 Å². The first-order chi connectivity index (χ1) is 8.50. The van der Waals surface area contributed by atoms with Crippen molar-refractivity contribution in [3.63, 3.8) is 0 Å². The SMILES string of the molecule is O=C(O)c1nc(NCCOCC(F)F)ccc1Cl. The lowest BCUT2D eigenvalue weighted by Gasteiger charge is -2.07. The number of hydrogen-bond donors (Lipinski definition) is 2. The molecule has 0 aromatic carbocycles. The van der Waals surface area contributed by atoms with E-state index >= 15 is 0 Å². The van der Waals surface area contributed by atoms with E-state index in [1.54, 1.807) is 0 Å². The Hall–Kier alpha value is -1.47. The Morgan fingerprint density at radius 1 is 1.56 bits per heavy atom. The zero-order valence-electron chi connectivity index (χ0n) is 9.20. The quantitative estimate of drug-likeness (QED) is 0.749. The van der Waals surface area contributed by atoms with Crippen molar-refractivity contribution in [2.75, 3.05) is 25.1 Å². The molecule has 1 aromatic heterocycles. The summed E-state index contributed by atoms with van der Waals surface area (Å²) in [6.07, 6.45) is -2.50. The lowest BCUT2D eigenvalue weighted by atomic mass is 10.3. The second-order valence-electron chi connectivity index (χ2n) is 3.22. The molecule has 0 fully saturated rings. The molecule has 2 N–H and O–H groups in total. The number of pyridine rings is 1. The van der Waals surface area contributed by atoms with Crippen molar-refractivity contribution in [1.29, 1.82) is 0 Å². The third-order valence-corrected chi connectivity index (χ3v) is 2.15. The summed E-state index contributed by atoms with van der Waals surface area (Å²) < 4.78 is 28.1. The highest BCUT2D eigenvalue weighted by Gasteiger charge is 2.11. The van der Waals surface area contributed by atoms with Crippen LogP contribution in [-0.4, -0.2) is 42.2 Å². The third-order valence-electron chi connectivity index (χ3n) is 1.84. The molecular weight excluding hydrogens is 270 g/mol. The molecule has 0 aliphatic rings. The molecule has 100 valence electrons. The minimum Gasteiger partial charge on any atom is -0.476 e. The Bertz CT molecular complexity index is 418. The lowest BCUT2D eigenvalue weighted by Crippen LogP contribution is -2.14. The van der Waals surface area contributed by atoms with Crippen LogP contribution in [0.1, 0.15) is 10.5 Å². The maximum atomic E-state index is 11.7. The number of nitrogens with one attached hydrogen (secondary N) is 1. The fraction of sp³-hybridized carbons (Fsp3) is 0.400. The number of aromatic nitrogens is 1. The Morgan fingerprint density at radius 2 is 2.28 bits per heavy atom. The number of hydrogen-bond acceptors (Lipinski definition) is 4. The van der Waals surface area contributed by atoms with E-state index in [4.69, 9.17) is 16.7 Å². The van der Waals surface area contributed by atoms with Gasteiger partial charge in [-0.3, -0.25) is 0 Å². The van der Waals surface area contributed by atoms with Gasteiger partial charge < -0.3 is 15.2 Å². The Kier molecular flexibility index (Phi) is 5.73. The third kappa shape index (κ3) is 4.80. The lowest BCUT2D eigenvalue weighted by molar-refractivity contribution is 0.0214. The van der Waals surface area contributed by atoms with Gasteiger partial charge in [-0.05, 0) is 12.1 Å². The number of rotatable bonds is 7. The summed E-state index contributed by atoms with van der Waals surface area (Å²) in [5, 5.41) is 11.5. The average molecular weight is 281 g/mol. The van der Waals surface area contributed by atoms with Crippen LogP contribution < -0.4 is 5.32 Å². The van der Waals surface area contributed by atoms with E-state index in [1.807, 2.05) is 0 Å². The molecular formula is C10H11ClF2N2O3. The van der Waals surface area contributed by atoms with Crippen LogP contribution in [0.15, 0.2) is 12.1 Å². The van der Waals surface area contributed by atoms with E-state index in [-0.39, 0.29) is 29.7 Å². The van der Waals surface area contributed by atoms with Gasteiger partial charge in [-0.2, -0.15) is 0 Å². The number of carboxylic acid groups (broad SMARTS) is 1. The maximum absolute atomic E-state index is 11.7. The van der Waals surface area contributed by atoms with E-state index in [0.717, 1.165) is 0 Å². The fourth-order valence-electron chi connectivity index (χ4n) is 1.11. The highest BCUT2D eigenvalue weighted by molar-refractivity contribution is 6.33. The van der Waals surface area contributed by atoms with Gasteiger partial charge in [-0.15, -0.1) is 0 Å². The molecule has 18 heavy (non-hydrogen) atoms. The first-order valence-corrected chi connectivity index (χ1v) is 5.38. The molecule has 0 aliphatic carbocycles. The highest BCUT2D eigenvalue weighted by Crippen LogP contribution is 2.16. The van der Waals surface area contributed by atoms with Crippen LogP contribution in [0, 0.1) is 0 Å². The van der Waals surface area contributed by atoms with E-state index < -0.39 is 19.0 Å². The Labute approximate surface area is 107 Å². The zero-order chi connectivity index (χ0) is 13.5. The molecule has 8 heteroatoms. The number of aromatic carboxylic acids is 1. The number of halogens is 3.